The lowest BCUT2D eigenvalue weighted by molar-refractivity contribution is 0.301. The smallest absolute Gasteiger partial charge is 0.162 e. The lowest BCUT2D eigenvalue weighted by atomic mass is 9.75. The fraction of sp³-hybridized carbons (Fsp3) is 0.571. The number of halogens is 4. The number of benzene rings is 2. The highest BCUT2D eigenvalue weighted by Crippen LogP contribution is 2.41. The summed E-state index contributed by atoms with van der Waals surface area (Å²) in [4.78, 5) is 0. The van der Waals surface area contributed by atoms with Gasteiger partial charge in [0, 0.05) is 5.56 Å². The number of rotatable bonds is 7. The van der Waals surface area contributed by atoms with Gasteiger partial charge in [0.15, 0.2) is 11.6 Å². The van der Waals surface area contributed by atoms with Crippen molar-refractivity contribution in [1.82, 2.24) is 0 Å². The molecule has 174 valence electrons. The van der Waals surface area contributed by atoms with Gasteiger partial charge in [-0.1, -0.05) is 45.1 Å². The Balaban J connectivity index is 1.41. The normalized spacial score (nSPS) is 23.2. The molecule has 0 bridgehead atoms. The van der Waals surface area contributed by atoms with E-state index in [0.29, 0.717) is 30.4 Å². The van der Waals surface area contributed by atoms with Crippen LogP contribution in [0.25, 0.3) is 0 Å². The van der Waals surface area contributed by atoms with Crippen LogP contribution in [-0.4, -0.2) is 0 Å². The summed E-state index contributed by atoms with van der Waals surface area (Å²) < 4.78 is 57.8. The molecule has 2 aromatic carbocycles. The molecule has 0 aromatic heterocycles. The highest BCUT2D eigenvalue weighted by Gasteiger charge is 2.30. The molecule has 1 saturated carbocycles. The van der Waals surface area contributed by atoms with Gasteiger partial charge in [-0.3, -0.25) is 0 Å². The zero-order valence-corrected chi connectivity index (χ0v) is 19.0. The molecule has 1 unspecified atom stereocenters. The minimum absolute atomic E-state index is 0.105. The van der Waals surface area contributed by atoms with E-state index in [4.69, 9.17) is 0 Å². The number of hydrogen-bond acceptors (Lipinski definition) is 0. The van der Waals surface area contributed by atoms with Crippen molar-refractivity contribution in [3.05, 3.63) is 69.8 Å². The molecule has 2 aliphatic carbocycles. The molecule has 0 aliphatic heterocycles. The molecular weight excluding hydrogens is 412 g/mol. The van der Waals surface area contributed by atoms with Gasteiger partial charge in [0.05, 0.1) is 0 Å². The predicted molar refractivity (Wildman–Crippen MR) is 121 cm³/mol. The first-order valence-electron chi connectivity index (χ1n) is 12.4. The van der Waals surface area contributed by atoms with Gasteiger partial charge in [0.2, 0.25) is 0 Å². The van der Waals surface area contributed by atoms with E-state index in [1.54, 1.807) is 6.07 Å². The van der Waals surface area contributed by atoms with Gasteiger partial charge in [-0.2, -0.15) is 0 Å². The number of fused-ring (bicyclic) bond motifs is 1. The summed E-state index contributed by atoms with van der Waals surface area (Å²) in [6.45, 7) is 2.23. The van der Waals surface area contributed by atoms with E-state index in [2.05, 4.69) is 6.92 Å². The molecule has 1 fully saturated rings. The Labute approximate surface area is 189 Å². The third-order valence-electron chi connectivity index (χ3n) is 7.80. The summed E-state index contributed by atoms with van der Waals surface area (Å²) in [5.41, 5.74) is 1.89. The second-order valence-corrected chi connectivity index (χ2v) is 9.90. The minimum atomic E-state index is -0.861. The van der Waals surface area contributed by atoms with Crippen molar-refractivity contribution in [2.75, 3.05) is 0 Å². The topological polar surface area (TPSA) is 0 Å². The maximum atomic E-state index is 15.1. The zero-order chi connectivity index (χ0) is 22.7. The number of hydrogen-bond donors (Lipinski definition) is 0. The van der Waals surface area contributed by atoms with Gasteiger partial charge in [0.25, 0.3) is 0 Å². The molecule has 4 heteroatoms. The largest absolute Gasteiger partial charge is 0.207 e. The molecule has 4 rings (SSSR count). The van der Waals surface area contributed by atoms with Gasteiger partial charge < -0.3 is 0 Å². The summed E-state index contributed by atoms with van der Waals surface area (Å²) in [6.07, 6.45) is 11.8. The van der Waals surface area contributed by atoms with Gasteiger partial charge in [-0.05, 0) is 97.6 Å². The lowest BCUT2D eigenvalue weighted by Gasteiger charge is -2.30. The van der Waals surface area contributed by atoms with Crippen LogP contribution in [0.5, 0.6) is 0 Å². The Kier molecular flexibility index (Phi) is 7.58. The van der Waals surface area contributed by atoms with Crippen molar-refractivity contribution in [3.8, 4) is 0 Å². The zero-order valence-electron chi connectivity index (χ0n) is 19.0. The summed E-state index contributed by atoms with van der Waals surface area (Å²) >= 11 is 0. The maximum Gasteiger partial charge on any atom is 0.162 e. The maximum absolute atomic E-state index is 15.1. The predicted octanol–water partition coefficient (Wildman–Crippen LogP) is 8.76. The number of unbranched alkanes of at least 4 members (excludes halogenated alkanes) is 3. The van der Waals surface area contributed by atoms with Crippen molar-refractivity contribution >= 4 is 0 Å². The van der Waals surface area contributed by atoms with Gasteiger partial charge in [-0.15, -0.1) is 0 Å². The summed E-state index contributed by atoms with van der Waals surface area (Å²) in [7, 11) is 0. The molecule has 0 heterocycles. The Bertz CT molecular complexity index is 904. The highest BCUT2D eigenvalue weighted by atomic mass is 19.2. The third-order valence-corrected chi connectivity index (χ3v) is 7.80. The van der Waals surface area contributed by atoms with E-state index in [0.717, 1.165) is 43.2 Å². The molecule has 0 saturated heterocycles. The van der Waals surface area contributed by atoms with Crippen molar-refractivity contribution in [2.24, 2.45) is 5.92 Å². The molecular formula is C28H34F4. The van der Waals surface area contributed by atoms with Crippen molar-refractivity contribution in [1.29, 1.82) is 0 Å². The first-order valence-corrected chi connectivity index (χ1v) is 12.4. The molecule has 2 aromatic rings. The monoisotopic (exact) mass is 446 g/mol. The quantitative estimate of drug-likeness (QED) is 0.294. The molecule has 2 aliphatic rings. The Morgan fingerprint density at radius 1 is 0.781 bits per heavy atom. The molecule has 0 amide bonds. The van der Waals surface area contributed by atoms with Crippen LogP contribution in [0.2, 0.25) is 0 Å². The van der Waals surface area contributed by atoms with Crippen LogP contribution >= 0.6 is 0 Å². The Hall–Kier alpha value is -1.84. The Morgan fingerprint density at radius 3 is 2.19 bits per heavy atom. The summed E-state index contributed by atoms with van der Waals surface area (Å²) in [6, 6.07) is 5.72. The SMILES string of the molecule is CCCCCCC1CCC(c2cc(F)c(C3CCc4c(ccc(F)c4F)C3)c(F)c2)CC1. The summed E-state index contributed by atoms with van der Waals surface area (Å²) in [5.74, 6) is -2.03. The first kappa shape index (κ1) is 23.3. The van der Waals surface area contributed by atoms with Crippen molar-refractivity contribution in [3.63, 3.8) is 0 Å². The van der Waals surface area contributed by atoms with Crippen LogP contribution in [-0.2, 0) is 12.8 Å². The highest BCUT2D eigenvalue weighted by molar-refractivity contribution is 5.38. The van der Waals surface area contributed by atoms with Crippen LogP contribution in [0.1, 0.15) is 105 Å². The fourth-order valence-corrected chi connectivity index (χ4v) is 5.90. The van der Waals surface area contributed by atoms with Crippen molar-refractivity contribution in [2.45, 2.75) is 95.8 Å². The molecule has 32 heavy (non-hydrogen) atoms. The average molecular weight is 447 g/mol. The minimum Gasteiger partial charge on any atom is -0.207 e. The average Bonchev–Trinajstić information content (AvgIpc) is 2.79. The van der Waals surface area contributed by atoms with Gasteiger partial charge in [-0.25, -0.2) is 17.6 Å². The van der Waals surface area contributed by atoms with Crippen LogP contribution in [0, 0.1) is 29.2 Å². The van der Waals surface area contributed by atoms with Crippen LogP contribution in [0.15, 0.2) is 24.3 Å². The van der Waals surface area contributed by atoms with Crippen LogP contribution in [0.4, 0.5) is 17.6 Å². The van der Waals surface area contributed by atoms with Gasteiger partial charge in [0.1, 0.15) is 11.6 Å². The molecule has 0 radical (unpaired) electrons. The van der Waals surface area contributed by atoms with E-state index in [9.17, 15) is 8.78 Å². The van der Waals surface area contributed by atoms with E-state index in [-0.39, 0.29) is 17.4 Å². The van der Waals surface area contributed by atoms with Crippen molar-refractivity contribution < 1.29 is 17.6 Å². The molecule has 1 atom stereocenters. The first-order chi connectivity index (χ1) is 15.5. The van der Waals surface area contributed by atoms with Crippen LogP contribution in [0.3, 0.4) is 0 Å². The van der Waals surface area contributed by atoms with E-state index in [1.165, 1.54) is 44.2 Å². The van der Waals surface area contributed by atoms with E-state index in [1.807, 2.05) is 0 Å². The molecule has 0 spiro atoms. The fourth-order valence-electron chi connectivity index (χ4n) is 5.90. The van der Waals surface area contributed by atoms with E-state index < -0.39 is 23.3 Å². The standard InChI is InChI=1S/C28H34F4/c1-2-3-4-5-6-18-7-9-19(10-8-18)22-16-25(30)27(26(31)17-22)21-11-13-23-20(15-21)12-14-24(29)28(23)32/h12,14,16-19,21H,2-11,13,15H2,1H3. The third kappa shape index (κ3) is 5.05. The summed E-state index contributed by atoms with van der Waals surface area (Å²) in [5, 5.41) is 0. The second-order valence-electron chi connectivity index (χ2n) is 9.90. The van der Waals surface area contributed by atoms with Crippen LogP contribution < -0.4 is 0 Å². The second kappa shape index (κ2) is 10.4. The molecule has 0 N–H and O–H groups in total. The lowest BCUT2D eigenvalue weighted by Crippen LogP contribution is -2.18. The molecule has 0 nitrogen and oxygen atoms in total. The van der Waals surface area contributed by atoms with E-state index >= 15 is 8.78 Å². The Morgan fingerprint density at radius 2 is 1.50 bits per heavy atom. The van der Waals surface area contributed by atoms with Gasteiger partial charge >= 0.3 is 0 Å².